The maximum absolute atomic E-state index is 6.13. The number of benzene rings is 1. The van der Waals surface area contributed by atoms with E-state index in [1.807, 2.05) is 34.9 Å². The molecule has 18 heavy (non-hydrogen) atoms. The molecule has 3 nitrogen and oxygen atoms in total. The summed E-state index contributed by atoms with van der Waals surface area (Å²) < 4.78 is 2.02. The van der Waals surface area contributed by atoms with Crippen LogP contribution in [0.2, 0.25) is 5.28 Å². The number of aromatic nitrogens is 3. The Morgan fingerprint density at radius 2 is 1.94 bits per heavy atom. The fourth-order valence-corrected chi connectivity index (χ4v) is 2.58. The highest BCUT2D eigenvalue weighted by Crippen LogP contribution is 2.31. The van der Waals surface area contributed by atoms with Gasteiger partial charge in [-0.2, -0.15) is 0 Å². The normalized spacial score (nSPS) is 15.6. The summed E-state index contributed by atoms with van der Waals surface area (Å²) >= 11 is 6.13. The molecule has 2 aromatic rings. The van der Waals surface area contributed by atoms with Gasteiger partial charge < -0.3 is 0 Å². The standard InChI is InChI=1S/C14H16ClN3/c15-14-17-16-13(12-7-2-1-3-8-12)18(14)10-9-11-5-4-6-11/h1-3,7-8,11H,4-6,9-10H2. The summed E-state index contributed by atoms with van der Waals surface area (Å²) in [5, 5.41) is 8.68. The zero-order chi connectivity index (χ0) is 12.4. The van der Waals surface area contributed by atoms with Crippen molar-refractivity contribution in [2.45, 2.75) is 32.2 Å². The number of nitrogens with zero attached hydrogens (tertiary/aromatic N) is 3. The van der Waals surface area contributed by atoms with Crippen molar-refractivity contribution in [2.24, 2.45) is 5.92 Å². The summed E-state index contributed by atoms with van der Waals surface area (Å²) in [5.74, 6) is 1.74. The van der Waals surface area contributed by atoms with E-state index in [1.54, 1.807) is 0 Å². The van der Waals surface area contributed by atoms with Crippen LogP contribution in [0.3, 0.4) is 0 Å². The molecule has 0 bridgehead atoms. The molecule has 0 spiro atoms. The van der Waals surface area contributed by atoms with Crippen molar-refractivity contribution in [1.82, 2.24) is 14.8 Å². The van der Waals surface area contributed by atoms with Gasteiger partial charge in [0.05, 0.1) is 0 Å². The SMILES string of the molecule is Clc1nnc(-c2ccccc2)n1CCC1CCC1. The Bertz CT molecular complexity index is 517. The minimum atomic E-state index is 0.494. The van der Waals surface area contributed by atoms with E-state index in [2.05, 4.69) is 10.2 Å². The molecule has 0 aliphatic heterocycles. The summed E-state index contributed by atoms with van der Waals surface area (Å²) in [4.78, 5) is 0. The van der Waals surface area contributed by atoms with E-state index in [0.29, 0.717) is 5.28 Å². The highest BCUT2D eigenvalue weighted by atomic mass is 35.5. The molecule has 0 atom stereocenters. The topological polar surface area (TPSA) is 30.7 Å². The zero-order valence-corrected chi connectivity index (χ0v) is 11.0. The van der Waals surface area contributed by atoms with E-state index in [0.717, 1.165) is 23.9 Å². The van der Waals surface area contributed by atoms with Gasteiger partial charge in [0.25, 0.3) is 0 Å². The van der Waals surface area contributed by atoms with Gasteiger partial charge in [0, 0.05) is 12.1 Å². The van der Waals surface area contributed by atoms with Gasteiger partial charge in [0.2, 0.25) is 5.28 Å². The molecule has 0 unspecified atom stereocenters. The Kier molecular flexibility index (Phi) is 3.33. The molecule has 4 heteroatoms. The third kappa shape index (κ3) is 2.27. The lowest BCUT2D eigenvalue weighted by atomic mass is 9.83. The van der Waals surface area contributed by atoms with Crippen LogP contribution in [0.4, 0.5) is 0 Å². The van der Waals surface area contributed by atoms with Gasteiger partial charge in [0.15, 0.2) is 5.82 Å². The second-order valence-electron chi connectivity index (χ2n) is 4.90. The van der Waals surface area contributed by atoms with Gasteiger partial charge in [-0.3, -0.25) is 4.57 Å². The van der Waals surface area contributed by atoms with Gasteiger partial charge in [-0.15, -0.1) is 10.2 Å². The van der Waals surface area contributed by atoms with Crippen molar-refractivity contribution in [3.05, 3.63) is 35.6 Å². The summed E-state index contributed by atoms with van der Waals surface area (Å²) in [6.07, 6.45) is 5.28. The summed E-state index contributed by atoms with van der Waals surface area (Å²) in [5.41, 5.74) is 1.07. The monoisotopic (exact) mass is 261 g/mol. The van der Waals surface area contributed by atoms with Gasteiger partial charge in [-0.1, -0.05) is 49.6 Å². The molecule has 3 rings (SSSR count). The molecule has 1 heterocycles. The molecule has 1 saturated carbocycles. The minimum absolute atomic E-state index is 0.494. The molecular formula is C14H16ClN3. The van der Waals surface area contributed by atoms with Crippen molar-refractivity contribution in [3.63, 3.8) is 0 Å². The smallest absolute Gasteiger partial charge is 0.225 e. The van der Waals surface area contributed by atoms with Gasteiger partial charge in [-0.25, -0.2) is 0 Å². The highest BCUT2D eigenvalue weighted by molar-refractivity contribution is 6.28. The van der Waals surface area contributed by atoms with E-state index in [1.165, 1.54) is 25.7 Å². The Hall–Kier alpha value is -1.35. The summed E-state index contributed by atoms with van der Waals surface area (Å²) in [7, 11) is 0. The number of hydrogen-bond donors (Lipinski definition) is 0. The lowest BCUT2D eigenvalue weighted by Crippen LogP contribution is -2.14. The fourth-order valence-electron chi connectivity index (χ4n) is 2.38. The molecule has 1 aliphatic rings. The first-order valence-corrected chi connectivity index (χ1v) is 6.86. The predicted molar refractivity (Wildman–Crippen MR) is 72.4 cm³/mol. The zero-order valence-electron chi connectivity index (χ0n) is 10.2. The Labute approximate surface area is 112 Å². The fraction of sp³-hybridized carbons (Fsp3) is 0.429. The second kappa shape index (κ2) is 5.11. The second-order valence-corrected chi connectivity index (χ2v) is 5.23. The van der Waals surface area contributed by atoms with Crippen LogP contribution in [0.1, 0.15) is 25.7 Å². The number of halogens is 1. The van der Waals surface area contributed by atoms with Crippen LogP contribution in [-0.2, 0) is 6.54 Å². The molecule has 1 fully saturated rings. The maximum atomic E-state index is 6.13. The van der Waals surface area contributed by atoms with Crippen LogP contribution in [0.5, 0.6) is 0 Å². The quantitative estimate of drug-likeness (QED) is 0.838. The van der Waals surface area contributed by atoms with Crippen LogP contribution in [-0.4, -0.2) is 14.8 Å². The number of hydrogen-bond acceptors (Lipinski definition) is 2. The molecular weight excluding hydrogens is 246 g/mol. The molecule has 1 aliphatic carbocycles. The summed E-state index contributed by atoms with van der Waals surface area (Å²) in [6, 6.07) is 10.1. The molecule has 0 saturated heterocycles. The lowest BCUT2D eigenvalue weighted by Gasteiger charge is -2.25. The predicted octanol–water partition coefficient (Wildman–Crippen LogP) is 3.79. The third-order valence-electron chi connectivity index (χ3n) is 3.72. The average Bonchev–Trinajstić information content (AvgIpc) is 2.70. The third-order valence-corrected chi connectivity index (χ3v) is 4.00. The van der Waals surface area contributed by atoms with Crippen molar-refractivity contribution in [3.8, 4) is 11.4 Å². The largest absolute Gasteiger partial charge is 0.298 e. The Balaban J connectivity index is 1.81. The first kappa shape index (κ1) is 11.7. The Morgan fingerprint density at radius 3 is 2.61 bits per heavy atom. The molecule has 94 valence electrons. The minimum Gasteiger partial charge on any atom is -0.298 e. The van der Waals surface area contributed by atoms with Gasteiger partial charge in [0.1, 0.15) is 0 Å². The van der Waals surface area contributed by atoms with Gasteiger partial charge >= 0.3 is 0 Å². The molecule has 1 aromatic heterocycles. The van der Waals surface area contributed by atoms with Crippen molar-refractivity contribution >= 4 is 11.6 Å². The van der Waals surface area contributed by atoms with Crippen molar-refractivity contribution in [1.29, 1.82) is 0 Å². The van der Waals surface area contributed by atoms with E-state index in [9.17, 15) is 0 Å². The average molecular weight is 262 g/mol. The molecule has 0 N–H and O–H groups in total. The van der Waals surface area contributed by atoms with Crippen LogP contribution >= 0.6 is 11.6 Å². The van der Waals surface area contributed by atoms with E-state index >= 15 is 0 Å². The molecule has 0 radical (unpaired) electrons. The van der Waals surface area contributed by atoms with Crippen LogP contribution in [0.15, 0.2) is 30.3 Å². The van der Waals surface area contributed by atoms with Gasteiger partial charge in [-0.05, 0) is 23.9 Å². The van der Waals surface area contributed by atoms with E-state index in [4.69, 9.17) is 11.6 Å². The summed E-state index contributed by atoms with van der Waals surface area (Å²) in [6.45, 7) is 0.917. The first-order valence-electron chi connectivity index (χ1n) is 6.49. The van der Waals surface area contributed by atoms with E-state index < -0.39 is 0 Å². The molecule has 1 aromatic carbocycles. The number of rotatable bonds is 4. The maximum Gasteiger partial charge on any atom is 0.225 e. The van der Waals surface area contributed by atoms with Crippen LogP contribution in [0.25, 0.3) is 11.4 Å². The Morgan fingerprint density at radius 1 is 1.17 bits per heavy atom. The van der Waals surface area contributed by atoms with Crippen LogP contribution < -0.4 is 0 Å². The van der Waals surface area contributed by atoms with Crippen molar-refractivity contribution in [2.75, 3.05) is 0 Å². The van der Waals surface area contributed by atoms with Crippen molar-refractivity contribution < 1.29 is 0 Å². The highest BCUT2D eigenvalue weighted by Gasteiger charge is 2.19. The van der Waals surface area contributed by atoms with E-state index in [-0.39, 0.29) is 0 Å². The molecule has 0 amide bonds. The van der Waals surface area contributed by atoms with Crippen LogP contribution in [0, 0.1) is 5.92 Å². The first-order chi connectivity index (χ1) is 8.84. The lowest BCUT2D eigenvalue weighted by molar-refractivity contribution is 0.282.